The number of anilines is 4. The summed E-state index contributed by atoms with van der Waals surface area (Å²) in [4.78, 5) is 84.5. The van der Waals surface area contributed by atoms with Crippen LogP contribution in [0.25, 0.3) is 0 Å². The van der Waals surface area contributed by atoms with Gasteiger partial charge in [-0.3, -0.25) is 57.9 Å². The van der Waals surface area contributed by atoms with E-state index in [1.807, 2.05) is 12.1 Å². The molecule has 12 aromatic rings. The summed E-state index contributed by atoms with van der Waals surface area (Å²) in [5.74, 6) is -6.48. The van der Waals surface area contributed by atoms with E-state index >= 15 is 0 Å². The van der Waals surface area contributed by atoms with Crippen molar-refractivity contribution in [2.75, 3.05) is 47.4 Å². The number of aliphatic imine (C=N–C) groups is 4. The molecule has 8 atom stereocenters. The van der Waals surface area contributed by atoms with Crippen molar-refractivity contribution in [2.45, 2.75) is 47.7 Å². The van der Waals surface area contributed by atoms with Gasteiger partial charge in [0.1, 0.15) is 98.1 Å². The zero-order valence-electron chi connectivity index (χ0n) is 69.4. The maximum absolute atomic E-state index is 13.7. The number of aromatic nitrogens is 12. The van der Waals surface area contributed by atoms with E-state index < -0.39 is 80.3 Å². The number of nitrogens with zero attached hydrogens (tertiary/aromatic N) is 16. The average Bonchev–Trinajstić information content (AvgIpc) is 1.65. The summed E-state index contributed by atoms with van der Waals surface area (Å²) in [6.45, 7) is -8.34. The highest BCUT2D eigenvalue weighted by molar-refractivity contribution is 6.24. The van der Waals surface area contributed by atoms with Crippen molar-refractivity contribution in [2.24, 2.45) is 47.9 Å². The topological polar surface area (TPSA) is 289 Å². The van der Waals surface area contributed by atoms with Crippen LogP contribution in [0.4, 0.5) is 40.3 Å². The molecule has 536 valence electrons. The molecule has 0 saturated carbocycles. The van der Waals surface area contributed by atoms with Crippen LogP contribution in [0.2, 0.25) is 0 Å². The molecule has 8 aliphatic rings. The maximum Gasteiger partial charge on any atom is 0.184 e. The molecule has 4 aromatic heterocycles. The van der Waals surface area contributed by atoms with Gasteiger partial charge in [-0.05, 0) is 95.1 Å². The van der Waals surface area contributed by atoms with Gasteiger partial charge in [-0.1, -0.05) is 97.1 Å². The molecule has 28 heteroatoms. The highest BCUT2D eigenvalue weighted by Gasteiger charge is 2.46. The Hall–Kier alpha value is -13.4. The molecule has 20 rings (SSSR count). The minimum absolute atomic E-state index is 0.000349. The van der Waals surface area contributed by atoms with Gasteiger partial charge >= 0.3 is 0 Å². The third-order valence-electron chi connectivity index (χ3n) is 19.5. The number of rotatable bonds is 8. The van der Waals surface area contributed by atoms with Gasteiger partial charge in [0.25, 0.3) is 0 Å². The van der Waals surface area contributed by atoms with Crippen LogP contribution in [0.15, 0.2) is 215 Å². The molecular weight excluding hydrogens is 1380 g/mol. The van der Waals surface area contributed by atoms with E-state index in [4.69, 9.17) is 12.3 Å². The number of carbonyl (C=O) groups is 4. The largest absolute Gasteiger partial charge is 0.377 e. The summed E-state index contributed by atoms with van der Waals surface area (Å²) in [6, 6.07) is 37.3. The predicted octanol–water partition coefficient (Wildman–Crippen LogP) is 11.6. The lowest BCUT2D eigenvalue weighted by atomic mass is 9.78. The van der Waals surface area contributed by atoms with E-state index in [0.717, 1.165) is 39.7 Å². The molecule has 24 nitrogen and oxygen atoms in total. The second kappa shape index (κ2) is 27.6. The number of halogens is 4. The number of aryl methyl sites for hydroxylation is 4. The number of benzene rings is 8. The van der Waals surface area contributed by atoms with Crippen molar-refractivity contribution < 1.29 is 54.6 Å². The molecule has 8 aliphatic heterocycles. The highest BCUT2D eigenvalue weighted by Crippen LogP contribution is 2.49. The quantitative estimate of drug-likeness (QED) is 0.103. The molecule has 0 radical (unpaired) electrons. The van der Waals surface area contributed by atoms with E-state index in [-0.39, 0.29) is 89.7 Å². The molecule has 4 N–H and O–H groups in total. The summed E-state index contributed by atoms with van der Waals surface area (Å²) < 4.78 is 167. The second-order valence-corrected chi connectivity index (χ2v) is 25.7. The minimum Gasteiger partial charge on any atom is -0.377 e. The predicted molar refractivity (Wildman–Crippen MR) is 395 cm³/mol. The fourth-order valence-electron chi connectivity index (χ4n) is 14.7. The van der Waals surface area contributed by atoms with Crippen LogP contribution in [0.1, 0.15) is 175 Å². The van der Waals surface area contributed by atoms with E-state index in [1.165, 1.54) is 73.3 Å². The molecule has 8 aromatic carbocycles. The van der Waals surface area contributed by atoms with Crippen LogP contribution in [-0.4, -0.2) is 131 Å². The standard InChI is InChI=1S/4C20H16FN5O/c4*1-26-20(23-10-24-26)17-18(11-5-7-12(21)8-6-11)25-14-4-2-3-13-15(27)9-22-19(17)16(13)14/h4*2-8,10,17-18,25H,9H2,1H3/t4*17-,18-/m0000/s1/i1D3,17D,18D;1D3,18D;18D;1D3. The molecule has 0 unspecified atom stereocenters. The van der Waals surface area contributed by atoms with Crippen molar-refractivity contribution in [1.82, 2.24) is 59.1 Å². The van der Waals surface area contributed by atoms with Crippen molar-refractivity contribution in [3.05, 3.63) is 308 Å². The fourth-order valence-corrected chi connectivity index (χ4v) is 14.7. The van der Waals surface area contributed by atoms with Crippen molar-refractivity contribution in [3.63, 3.8) is 0 Å². The van der Waals surface area contributed by atoms with Crippen LogP contribution in [0.5, 0.6) is 0 Å². The first kappa shape index (κ1) is 54.3. The molecule has 0 bridgehead atoms. The first-order valence-electron chi connectivity index (χ1n) is 40.2. The van der Waals surface area contributed by atoms with Gasteiger partial charge < -0.3 is 21.3 Å². The Labute approximate surface area is 631 Å². The van der Waals surface area contributed by atoms with Crippen LogP contribution in [0.3, 0.4) is 0 Å². The number of hydrogen-bond acceptors (Lipinski definition) is 20. The van der Waals surface area contributed by atoms with Gasteiger partial charge in [0.2, 0.25) is 0 Å². The van der Waals surface area contributed by atoms with Crippen LogP contribution < -0.4 is 21.3 Å². The van der Waals surface area contributed by atoms with Crippen LogP contribution in [-0.2, 0) is 28.0 Å². The lowest BCUT2D eigenvalue weighted by Gasteiger charge is -2.37. The molecule has 12 heterocycles. The normalized spacial score (nSPS) is 25.5. The Morgan fingerprint density at radius 2 is 0.648 bits per heavy atom. The maximum atomic E-state index is 13.7. The molecule has 0 aliphatic carbocycles. The van der Waals surface area contributed by atoms with E-state index in [2.05, 4.69) is 81.6 Å². The molecule has 0 amide bonds. The third-order valence-corrected chi connectivity index (χ3v) is 19.5. The summed E-state index contributed by atoms with van der Waals surface area (Å²) in [5, 5.41) is 28.5. The lowest BCUT2D eigenvalue weighted by Crippen LogP contribution is -2.37. The number of Topliss-reactive ketones (excluding diaryl/α,β-unsaturated/α-hetero) is 4. The Morgan fingerprint density at radius 3 is 1.04 bits per heavy atom. The van der Waals surface area contributed by atoms with Gasteiger partial charge in [0.15, 0.2) is 23.1 Å². The number of hydrogen-bond donors (Lipinski definition) is 4. The second-order valence-electron chi connectivity index (χ2n) is 25.7. The van der Waals surface area contributed by atoms with Gasteiger partial charge in [-0.2, -0.15) is 20.4 Å². The van der Waals surface area contributed by atoms with Crippen LogP contribution in [0, 0.1) is 23.3 Å². The number of nitrogens with one attached hydrogen (secondary N) is 4. The summed E-state index contributed by atoms with van der Waals surface area (Å²) in [5.41, 5.74) is 9.82. The lowest BCUT2D eigenvalue weighted by molar-refractivity contribution is 0.0992. The molecule has 0 fully saturated rings. The minimum atomic E-state index is -2.78. The monoisotopic (exact) mass is 1460 g/mol. The van der Waals surface area contributed by atoms with E-state index in [9.17, 15) is 42.2 Å². The average molecular weight is 1460 g/mol. The Morgan fingerprint density at radius 1 is 0.352 bits per heavy atom. The first-order valence-corrected chi connectivity index (χ1v) is 33.7. The smallest absolute Gasteiger partial charge is 0.184 e. The SMILES string of the molecule is [2H]C([2H])([2H])n1ncnc1[C@@H]1C2=NCC(=O)c3cccc(c32)N[C@@]1([2H])c1ccc(F)cc1.[2H]C([2H])([2H])n1ncnc1[C@@H]1C2=NCC(=O)c3cccc(c32)N[C@H]1c1ccc(F)cc1.[2H]C([2H])([2H])n1ncnc1[C@]1([2H])C2=NCC(=O)c3cccc(c32)N[C@@]1([2H])c1ccc(F)cc1.[2H][C@@]1(c2ccc(F)cc2)Nc2cccc3c2C(=NCC3=O)[C@H]1c1ncnn1C. The Kier molecular flexibility index (Phi) is 13.9. The number of ketones is 4. The Balaban J connectivity index is 0.000000115. The Bertz CT molecular complexity index is 6370. The van der Waals surface area contributed by atoms with Gasteiger partial charge in [0.05, 0.1) is 74.7 Å². The number of carbonyl (C=O) groups excluding carboxylic acids is 4. The van der Waals surface area contributed by atoms with Gasteiger partial charge in [-0.25, -0.2) is 37.5 Å². The zero-order chi connectivity index (χ0) is 85.4. The molecule has 0 spiro atoms. The molecule has 0 saturated heterocycles. The van der Waals surface area contributed by atoms with Gasteiger partial charge in [0, 0.05) is 109 Å². The van der Waals surface area contributed by atoms with Crippen molar-refractivity contribution in [1.29, 1.82) is 0 Å². The summed E-state index contributed by atoms with van der Waals surface area (Å²) >= 11 is 0. The van der Waals surface area contributed by atoms with Crippen LogP contribution >= 0.6 is 0 Å². The third kappa shape index (κ3) is 12.0. The highest BCUT2D eigenvalue weighted by atomic mass is 19.1. The fraction of sp³-hybridized carbons (Fsp3) is 0.200. The summed E-state index contributed by atoms with van der Waals surface area (Å²) in [7, 11) is 1.75. The van der Waals surface area contributed by atoms with E-state index in [1.54, 1.807) is 96.7 Å². The van der Waals surface area contributed by atoms with E-state index in [0.29, 0.717) is 106 Å². The summed E-state index contributed by atoms with van der Waals surface area (Å²) in [6.07, 6.45) is 4.73. The van der Waals surface area contributed by atoms with Crippen molar-refractivity contribution in [3.8, 4) is 0 Å². The van der Waals surface area contributed by atoms with Crippen molar-refractivity contribution >= 4 is 68.7 Å². The first-order chi connectivity index (χ1) is 57.6. The molecular formula is C80H64F4N20O4. The van der Waals surface area contributed by atoms with Gasteiger partial charge in [-0.15, -0.1) is 0 Å². The molecule has 108 heavy (non-hydrogen) atoms. The zero-order valence-corrected chi connectivity index (χ0v) is 56.4.